The average molecular weight is 490 g/mol. The van der Waals surface area contributed by atoms with Gasteiger partial charge in [0.05, 0.1) is 17.7 Å². The van der Waals surface area contributed by atoms with Gasteiger partial charge in [-0.05, 0) is 73.2 Å². The molecule has 1 fully saturated rings. The zero-order valence-corrected chi connectivity index (χ0v) is 21.0. The molecule has 0 saturated carbocycles. The van der Waals surface area contributed by atoms with E-state index in [-0.39, 0.29) is 22.6 Å². The van der Waals surface area contributed by atoms with Gasteiger partial charge in [-0.2, -0.15) is 11.8 Å². The van der Waals surface area contributed by atoms with Crippen molar-refractivity contribution in [3.8, 4) is 5.75 Å². The third-order valence-electron chi connectivity index (χ3n) is 6.43. The first-order valence-electron chi connectivity index (χ1n) is 11.5. The molecule has 2 aliphatic rings. The number of nitrogens with zero attached hydrogens (tertiary/aromatic N) is 1. The maximum atomic E-state index is 13.9. The van der Waals surface area contributed by atoms with Gasteiger partial charge in [-0.15, -0.1) is 0 Å². The Labute approximate surface area is 200 Å². The van der Waals surface area contributed by atoms with Crippen LogP contribution in [0.4, 0.5) is 5.69 Å². The van der Waals surface area contributed by atoms with Crippen molar-refractivity contribution in [3.05, 3.63) is 53.1 Å². The lowest BCUT2D eigenvalue weighted by atomic mass is 9.94. The summed E-state index contributed by atoms with van der Waals surface area (Å²) < 4.78 is 40.4. The molecule has 0 N–H and O–H groups in total. The first-order chi connectivity index (χ1) is 15.9. The van der Waals surface area contributed by atoms with E-state index in [0.29, 0.717) is 12.2 Å². The zero-order valence-electron chi connectivity index (χ0n) is 19.4. The van der Waals surface area contributed by atoms with E-state index in [0.717, 1.165) is 48.4 Å². The molecule has 6 nitrogen and oxygen atoms in total. The fourth-order valence-electron chi connectivity index (χ4n) is 4.55. The topological polar surface area (TPSA) is 72.9 Å². The van der Waals surface area contributed by atoms with Gasteiger partial charge in [0.2, 0.25) is 0 Å². The van der Waals surface area contributed by atoms with Crippen LogP contribution in [0.2, 0.25) is 0 Å². The summed E-state index contributed by atoms with van der Waals surface area (Å²) >= 11 is 1.80. The summed E-state index contributed by atoms with van der Waals surface area (Å²) in [6.07, 6.45) is 4.13. The predicted molar refractivity (Wildman–Crippen MR) is 132 cm³/mol. The Balaban J connectivity index is 1.76. The van der Waals surface area contributed by atoms with Crippen molar-refractivity contribution in [1.29, 1.82) is 0 Å². The molecule has 2 aromatic carbocycles. The van der Waals surface area contributed by atoms with E-state index < -0.39 is 16.0 Å². The van der Waals surface area contributed by atoms with Crippen LogP contribution in [0.25, 0.3) is 0 Å². The molecule has 0 bridgehead atoms. The quantitative estimate of drug-likeness (QED) is 0.518. The normalized spacial score (nSPS) is 20.4. The summed E-state index contributed by atoms with van der Waals surface area (Å²) in [6, 6.07) is 10.4. The minimum atomic E-state index is -3.90. The third-order valence-corrected chi connectivity index (χ3v) is 9.43. The number of rotatable bonds is 7. The number of aryl methyl sites for hydroxylation is 2. The van der Waals surface area contributed by atoms with Gasteiger partial charge in [-0.3, -0.25) is 4.31 Å². The number of anilines is 1. The number of thioether (sulfide) groups is 1. The molecule has 178 valence electrons. The van der Waals surface area contributed by atoms with Crippen LogP contribution in [0.5, 0.6) is 5.75 Å². The second kappa shape index (κ2) is 9.97. The van der Waals surface area contributed by atoms with Crippen molar-refractivity contribution < 1.29 is 22.7 Å². The Bertz CT molecular complexity index is 1130. The van der Waals surface area contributed by atoms with Gasteiger partial charge in [0.15, 0.2) is 0 Å². The molecule has 0 radical (unpaired) electrons. The second-order valence-corrected chi connectivity index (χ2v) is 11.4. The number of fused-ring (bicyclic) bond motifs is 1. The number of hydrogen-bond donors (Lipinski definition) is 0. The summed E-state index contributed by atoms with van der Waals surface area (Å²) in [4.78, 5) is 12.6. The van der Waals surface area contributed by atoms with Crippen LogP contribution in [0.15, 0.2) is 41.3 Å². The molecule has 0 aliphatic carbocycles. The molecule has 2 aromatic rings. The van der Waals surface area contributed by atoms with E-state index >= 15 is 0 Å². The Morgan fingerprint density at radius 3 is 2.64 bits per heavy atom. The van der Waals surface area contributed by atoms with Gasteiger partial charge in [0.1, 0.15) is 17.4 Å². The van der Waals surface area contributed by atoms with Gasteiger partial charge in [0.25, 0.3) is 10.0 Å². The van der Waals surface area contributed by atoms with Crippen LogP contribution in [0.3, 0.4) is 0 Å². The Hall–Kier alpha value is -2.19. The van der Waals surface area contributed by atoms with Crippen LogP contribution < -0.4 is 9.04 Å². The predicted octanol–water partition coefficient (Wildman–Crippen LogP) is 4.84. The minimum Gasteiger partial charge on any atom is -0.489 e. The van der Waals surface area contributed by atoms with Gasteiger partial charge in [0, 0.05) is 11.8 Å². The van der Waals surface area contributed by atoms with Crippen LogP contribution in [0.1, 0.15) is 54.6 Å². The molecule has 8 heteroatoms. The average Bonchev–Trinajstić information content (AvgIpc) is 3.35. The highest BCUT2D eigenvalue weighted by Crippen LogP contribution is 2.38. The van der Waals surface area contributed by atoms with Crippen molar-refractivity contribution in [2.75, 3.05) is 22.9 Å². The standard InChI is InChI=1S/C25H31NO5S2/c1-4-17-6-10-23-18(14-17)7-8-19(5-2)26(23)33(28,29)21-9-11-24(22(15-21)25(27)30-3)31-20-12-13-32-16-20/h6,9-11,14-15,19-20H,4-5,7-8,12-13,16H2,1-3H3/t19-,20?/m1/s1. The maximum absolute atomic E-state index is 13.9. The summed E-state index contributed by atoms with van der Waals surface area (Å²) in [5, 5.41) is 0. The SMILES string of the molecule is CCc1ccc2c(c1)CC[C@@H](CC)N2S(=O)(=O)c1ccc(OC2CCSC2)c(C(=O)OC)c1. The molecule has 2 atom stereocenters. The lowest BCUT2D eigenvalue weighted by molar-refractivity contribution is 0.0593. The van der Waals surface area contributed by atoms with Gasteiger partial charge in [-0.25, -0.2) is 13.2 Å². The summed E-state index contributed by atoms with van der Waals surface area (Å²) in [6.45, 7) is 4.10. The highest BCUT2D eigenvalue weighted by Gasteiger charge is 2.36. The first-order valence-corrected chi connectivity index (χ1v) is 14.1. The monoisotopic (exact) mass is 489 g/mol. The molecular formula is C25H31NO5S2. The molecular weight excluding hydrogens is 458 g/mol. The number of esters is 1. The Kier molecular flexibility index (Phi) is 7.24. The number of carbonyl (C=O) groups is 1. The molecule has 4 rings (SSSR count). The maximum Gasteiger partial charge on any atom is 0.341 e. The molecule has 0 aromatic heterocycles. The molecule has 0 amide bonds. The van der Waals surface area contributed by atoms with E-state index in [9.17, 15) is 13.2 Å². The van der Waals surface area contributed by atoms with E-state index in [1.807, 2.05) is 19.1 Å². The van der Waals surface area contributed by atoms with E-state index in [4.69, 9.17) is 9.47 Å². The summed E-state index contributed by atoms with van der Waals surface area (Å²) in [5.41, 5.74) is 3.12. The van der Waals surface area contributed by atoms with E-state index in [1.54, 1.807) is 28.2 Å². The molecule has 1 unspecified atom stereocenters. The van der Waals surface area contributed by atoms with Crippen LogP contribution in [0, 0.1) is 0 Å². The molecule has 2 aliphatic heterocycles. The number of ether oxygens (including phenoxy) is 2. The highest BCUT2D eigenvalue weighted by atomic mass is 32.2. The highest BCUT2D eigenvalue weighted by molar-refractivity contribution is 7.99. The molecule has 1 saturated heterocycles. The smallest absolute Gasteiger partial charge is 0.341 e. The third kappa shape index (κ3) is 4.73. The lowest BCUT2D eigenvalue weighted by Crippen LogP contribution is -2.43. The molecule has 33 heavy (non-hydrogen) atoms. The van der Waals surface area contributed by atoms with Crippen molar-refractivity contribution in [2.45, 2.75) is 63.0 Å². The number of carbonyl (C=O) groups excluding carboxylic acids is 1. The fraction of sp³-hybridized carbons (Fsp3) is 0.480. The molecule has 0 spiro atoms. The van der Waals surface area contributed by atoms with E-state index in [1.165, 1.54) is 18.7 Å². The van der Waals surface area contributed by atoms with Crippen molar-refractivity contribution >= 4 is 33.4 Å². The number of sulfonamides is 1. The van der Waals surface area contributed by atoms with Crippen LogP contribution in [-0.2, 0) is 27.6 Å². The van der Waals surface area contributed by atoms with Crippen molar-refractivity contribution in [1.82, 2.24) is 0 Å². The number of methoxy groups -OCH3 is 1. The Morgan fingerprint density at radius 2 is 1.97 bits per heavy atom. The lowest BCUT2D eigenvalue weighted by Gasteiger charge is -2.37. The molecule has 2 heterocycles. The van der Waals surface area contributed by atoms with Crippen molar-refractivity contribution in [2.24, 2.45) is 0 Å². The summed E-state index contributed by atoms with van der Waals surface area (Å²) in [7, 11) is -2.61. The number of benzene rings is 2. The first kappa shape index (κ1) is 24.0. The van der Waals surface area contributed by atoms with Gasteiger partial charge >= 0.3 is 5.97 Å². The van der Waals surface area contributed by atoms with Crippen molar-refractivity contribution in [3.63, 3.8) is 0 Å². The largest absolute Gasteiger partial charge is 0.489 e. The fourth-order valence-corrected chi connectivity index (χ4v) is 7.46. The second-order valence-electron chi connectivity index (χ2n) is 8.47. The zero-order chi connectivity index (χ0) is 23.6. The van der Waals surface area contributed by atoms with Gasteiger partial charge in [-0.1, -0.05) is 26.0 Å². The van der Waals surface area contributed by atoms with Crippen LogP contribution in [-0.4, -0.2) is 45.1 Å². The van der Waals surface area contributed by atoms with E-state index in [2.05, 4.69) is 13.0 Å². The van der Waals surface area contributed by atoms with Gasteiger partial charge < -0.3 is 9.47 Å². The number of hydrogen-bond acceptors (Lipinski definition) is 6. The Morgan fingerprint density at radius 1 is 1.15 bits per heavy atom. The summed E-state index contributed by atoms with van der Waals surface area (Å²) in [5.74, 6) is 1.62. The minimum absolute atomic E-state index is 0.00654. The van der Waals surface area contributed by atoms with Crippen LogP contribution >= 0.6 is 11.8 Å².